The summed E-state index contributed by atoms with van der Waals surface area (Å²) in [5.74, 6) is -2.00. The smallest absolute Gasteiger partial charge is 0.274 e. The first-order chi connectivity index (χ1) is 17.2. The van der Waals surface area contributed by atoms with E-state index in [0.29, 0.717) is 17.0 Å². The molecule has 0 radical (unpaired) electrons. The van der Waals surface area contributed by atoms with Crippen molar-refractivity contribution in [2.24, 2.45) is 0 Å². The van der Waals surface area contributed by atoms with Crippen molar-refractivity contribution in [3.05, 3.63) is 123 Å². The first kappa shape index (κ1) is 24.6. The maximum atomic E-state index is 14.5. The Morgan fingerprint density at radius 1 is 0.889 bits per heavy atom. The summed E-state index contributed by atoms with van der Waals surface area (Å²) in [5, 5.41) is 21.0. The number of anilines is 1. The van der Waals surface area contributed by atoms with E-state index in [1.807, 2.05) is 0 Å². The van der Waals surface area contributed by atoms with Crippen molar-refractivity contribution in [1.82, 2.24) is 0 Å². The molecule has 0 aliphatic rings. The van der Waals surface area contributed by atoms with Gasteiger partial charge in [-0.1, -0.05) is 24.3 Å². The van der Waals surface area contributed by atoms with Gasteiger partial charge in [-0.25, -0.2) is 13.2 Å². The summed E-state index contributed by atoms with van der Waals surface area (Å²) in [6.07, 6.45) is 0. The number of rotatable bonds is 8. The van der Waals surface area contributed by atoms with Gasteiger partial charge in [0.05, 0.1) is 10.5 Å². The minimum atomic E-state index is -0.758. The zero-order chi connectivity index (χ0) is 25.8. The monoisotopic (exact) mass is 494 g/mol. The number of hydrogen-bond donors (Lipinski definition) is 1. The van der Waals surface area contributed by atoms with Gasteiger partial charge in [0.1, 0.15) is 23.1 Å². The van der Waals surface area contributed by atoms with Gasteiger partial charge in [0.25, 0.3) is 5.69 Å². The third kappa shape index (κ3) is 5.57. The predicted molar refractivity (Wildman–Crippen MR) is 129 cm³/mol. The number of phenolic OH excluding ortho intramolecular Hbond substituents is 1. The average molecular weight is 494 g/mol. The van der Waals surface area contributed by atoms with Crippen LogP contribution in [0.3, 0.4) is 0 Å². The minimum Gasteiger partial charge on any atom is -0.505 e. The van der Waals surface area contributed by atoms with Crippen LogP contribution in [0, 0.1) is 34.5 Å². The van der Waals surface area contributed by atoms with E-state index < -0.39 is 28.1 Å². The van der Waals surface area contributed by atoms with E-state index in [9.17, 15) is 28.4 Å². The second-order valence-electron chi connectivity index (χ2n) is 8.13. The Morgan fingerprint density at radius 2 is 1.61 bits per heavy atom. The molecule has 184 valence electrons. The standard InChI is InChI=1S/C27H21F3N2O4/c1-17-25(3-2-4-26(17)32(34)35)31(16-19-7-8-20(28)13-24(19)30)15-18-5-9-21(10-6-18)36-22-11-12-23(29)27(33)14-22/h2-14,33H,15-16H2,1H3. The highest BCUT2D eigenvalue weighted by atomic mass is 19.1. The van der Waals surface area contributed by atoms with Crippen LogP contribution >= 0.6 is 0 Å². The van der Waals surface area contributed by atoms with Crippen LogP contribution < -0.4 is 9.64 Å². The summed E-state index contributed by atoms with van der Waals surface area (Å²) in [7, 11) is 0. The summed E-state index contributed by atoms with van der Waals surface area (Å²) in [6, 6.07) is 18.5. The molecule has 4 rings (SSSR count). The molecule has 0 bridgehead atoms. The maximum Gasteiger partial charge on any atom is 0.274 e. The Labute approximate surface area is 205 Å². The fourth-order valence-electron chi connectivity index (χ4n) is 3.81. The first-order valence-corrected chi connectivity index (χ1v) is 10.9. The molecule has 4 aromatic rings. The van der Waals surface area contributed by atoms with E-state index in [4.69, 9.17) is 4.74 Å². The summed E-state index contributed by atoms with van der Waals surface area (Å²) >= 11 is 0. The lowest BCUT2D eigenvalue weighted by molar-refractivity contribution is -0.385. The van der Waals surface area contributed by atoms with Crippen LogP contribution in [-0.2, 0) is 13.1 Å². The summed E-state index contributed by atoms with van der Waals surface area (Å²) < 4.78 is 46.8. The number of phenols is 1. The number of aromatic hydroxyl groups is 1. The molecular formula is C27H21F3N2O4. The number of hydrogen-bond acceptors (Lipinski definition) is 5. The molecule has 0 fully saturated rings. The Kier molecular flexibility index (Phi) is 7.10. The fourth-order valence-corrected chi connectivity index (χ4v) is 3.81. The molecule has 0 unspecified atom stereocenters. The van der Waals surface area contributed by atoms with Crippen molar-refractivity contribution in [2.45, 2.75) is 20.0 Å². The van der Waals surface area contributed by atoms with Gasteiger partial charge in [-0.15, -0.1) is 0 Å². The van der Waals surface area contributed by atoms with Gasteiger partial charge in [0.2, 0.25) is 0 Å². The van der Waals surface area contributed by atoms with Crippen molar-refractivity contribution < 1.29 is 27.9 Å². The van der Waals surface area contributed by atoms with Crippen molar-refractivity contribution in [1.29, 1.82) is 0 Å². The highest BCUT2D eigenvalue weighted by Crippen LogP contribution is 2.32. The Hall–Kier alpha value is -4.53. The predicted octanol–water partition coefficient (Wildman–Crippen LogP) is 7.03. The molecule has 0 aromatic heterocycles. The second kappa shape index (κ2) is 10.4. The second-order valence-corrected chi connectivity index (χ2v) is 8.13. The topological polar surface area (TPSA) is 75.8 Å². The lowest BCUT2D eigenvalue weighted by Gasteiger charge is -2.27. The Morgan fingerprint density at radius 3 is 2.28 bits per heavy atom. The molecule has 0 heterocycles. The van der Waals surface area contributed by atoms with Gasteiger partial charge >= 0.3 is 0 Å². The van der Waals surface area contributed by atoms with Crippen molar-refractivity contribution in [3.63, 3.8) is 0 Å². The number of ether oxygens (including phenoxy) is 1. The van der Waals surface area contributed by atoms with Gasteiger partial charge in [0, 0.05) is 42.5 Å². The van der Waals surface area contributed by atoms with Crippen LogP contribution in [0.2, 0.25) is 0 Å². The molecule has 0 saturated carbocycles. The van der Waals surface area contributed by atoms with Gasteiger partial charge in [-0.05, 0) is 48.9 Å². The molecule has 0 amide bonds. The molecule has 6 nitrogen and oxygen atoms in total. The third-order valence-electron chi connectivity index (χ3n) is 5.64. The minimum absolute atomic E-state index is 0.0429. The van der Waals surface area contributed by atoms with Crippen LogP contribution in [0.4, 0.5) is 24.5 Å². The van der Waals surface area contributed by atoms with E-state index in [-0.39, 0.29) is 30.1 Å². The van der Waals surface area contributed by atoms with E-state index in [1.54, 1.807) is 48.2 Å². The molecule has 4 aromatic carbocycles. The van der Waals surface area contributed by atoms with Crippen LogP contribution in [0.25, 0.3) is 0 Å². The number of halogens is 3. The number of nitro groups is 1. The maximum absolute atomic E-state index is 14.5. The van der Waals surface area contributed by atoms with Crippen molar-refractivity contribution in [3.8, 4) is 17.2 Å². The van der Waals surface area contributed by atoms with Crippen LogP contribution in [0.1, 0.15) is 16.7 Å². The fraction of sp³-hybridized carbons (Fsp3) is 0.111. The SMILES string of the molecule is Cc1c(N(Cc2ccc(Oc3ccc(F)c(O)c3)cc2)Cc2ccc(F)cc2F)cccc1[N+](=O)[O-]. The van der Waals surface area contributed by atoms with Crippen LogP contribution in [-0.4, -0.2) is 10.0 Å². The average Bonchev–Trinajstić information content (AvgIpc) is 2.84. The molecular weight excluding hydrogens is 473 g/mol. The van der Waals surface area contributed by atoms with E-state index >= 15 is 0 Å². The van der Waals surface area contributed by atoms with Crippen molar-refractivity contribution in [2.75, 3.05) is 4.90 Å². The number of benzene rings is 4. The van der Waals surface area contributed by atoms with Gasteiger partial charge < -0.3 is 14.7 Å². The molecule has 0 aliphatic carbocycles. The zero-order valence-corrected chi connectivity index (χ0v) is 19.1. The highest BCUT2D eigenvalue weighted by molar-refractivity contribution is 5.62. The summed E-state index contributed by atoms with van der Waals surface area (Å²) in [4.78, 5) is 12.8. The Bertz CT molecular complexity index is 1410. The number of nitro benzene ring substituents is 1. The van der Waals surface area contributed by atoms with Gasteiger partial charge in [0.15, 0.2) is 11.6 Å². The first-order valence-electron chi connectivity index (χ1n) is 10.9. The van der Waals surface area contributed by atoms with Gasteiger partial charge in [-0.2, -0.15) is 0 Å². The van der Waals surface area contributed by atoms with Crippen molar-refractivity contribution >= 4 is 11.4 Å². The molecule has 0 saturated heterocycles. The molecule has 0 atom stereocenters. The summed E-state index contributed by atoms with van der Waals surface area (Å²) in [6.45, 7) is 1.92. The Balaban J connectivity index is 1.62. The zero-order valence-electron chi connectivity index (χ0n) is 19.1. The van der Waals surface area contributed by atoms with Gasteiger partial charge in [-0.3, -0.25) is 10.1 Å². The third-order valence-corrected chi connectivity index (χ3v) is 5.64. The lowest BCUT2D eigenvalue weighted by Crippen LogP contribution is -2.24. The summed E-state index contributed by atoms with van der Waals surface area (Å²) in [5.41, 5.74) is 1.91. The molecule has 1 N–H and O–H groups in total. The number of nitrogens with zero attached hydrogens (tertiary/aromatic N) is 2. The van der Waals surface area contributed by atoms with E-state index in [1.165, 1.54) is 18.2 Å². The lowest BCUT2D eigenvalue weighted by atomic mass is 10.1. The molecule has 9 heteroatoms. The van der Waals surface area contributed by atoms with E-state index in [2.05, 4.69) is 0 Å². The largest absolute Gasteiger partial charge is 0.505 e. The molecule has 0 spiro atoms. The quantitative estimate of drug-likeness (QED) is 0.210. The van der Waals surface area contributed by atoms with Crippen LogP contribution in [0.5, 0.6) is 17.2 Å². The molecule has 0 aliphatic heterocycles. The van der Waals surface area contributed by atoms with E-state index in [0.717, 1.165) is 29.8 Å². The molecule has 36 heavy (non-hydrogen) atoms. The van der Waals surface area contributed by atoms with Crippen LogP contribution in [0.15, 0.2) is 78.9 Å². The highest BCUT2D eigenvalue weighted by Gasteiger charge is 2.19. The normalized spacial score (nSPS) is 10.8.